The average Bonchev–Trinajstić information content (AvgIpc) is 2.30. The molecule has 1 rings (SSSR count). The summed E-state index contributed by atoms with van der Waals surface area (Å²) < 4.78 is 23.8. The summed E-state index contributed by atoms with van der Waals surface area (Å²) in [6.45, 7) is 1.35. The Labute approximate surface area is 103 Å². The highest BCUT2D eigenvalue weighted by molar-refractivity contribution is 7.84. The molecule has 3 nitrogen and oxygen atoms in total. The molecule has 0 saturated heterocycles. The van der Waals surface area contributed by atoms with Crippen LogP contribution in [-0.4, -0.2) is 22.8 Å². The summed E-state index contributed by atoms with van der Waals surface area (Å²) in [7, 11) is -0.754. The normalized spacial score (nSPS) is 12.1. The quantitative estimate of drug-likeness (QED) is 0.784. The van der Waals surface area contributed by atoms with E-state index in [0.717, 1.165) is 18.5 Å². The molecule has 0 aliphatic carbocycles. The van der Waals surface area contributed by atoms with Crippen molar-refractivity contribution in [3.8, 4) is 6.07 Å². The lowest BCUT2D eigenvalue weighted by Gasteiger charge is -2.05. The molecule has 0 saturated carbocycles. The van der Waals surface area contributed by atoms with Gasteiger partial charge >= 0.3 is 0 Å². The topological polar surface area (TPSA) is 52.9 Å². The minimum absolute atomic E-state index is 0.0685. The van der Waals surface area contributed by atoms with E-state index in [9.17, 15) is 8.60 Å². The molecule has 0 aliphatic rings. The van der Waals surface area contributed by atoms with Crippen LogP contribution in [0.4, 0.5) is 4.39 Å². The van der Waals surface area contributed by atoms with Gasteiger partial charge in [0.2, 0.25) is 0 Å². The molecule has 0 spiro atoms. The standard InChI is InChI=1S/C12H15FN2OS/c1-17(16)6-2-5-15-9-10-3-4-12(13)11(7-10)8-14/h3-4,7,15H,2,5-6,9H2,1H3. The summed E-state index contributed by atoms with van der Waals surface area (Å²) in [6, 6.07) is 6.31. The summed E-state index contributed by atoms with van der Waals surface area (Å²) >= 11 is 0. The van der Waals surface area contributed by atoms with Gasteiger partial charge in [-0.2, -0.15) is 5.26 Å². The summed E-state index contributed by atoms with van der Waals surface area (Å²) in [6.07, 6.45) is 2.52. The smallest absolute Gasteiger partial charge is 0.140 e. The van der Waals surface area contributed by atoms with E-state index in [0.29, 0.717) is 12.3 Å². The first-order valence-electron chi connectivity index (χ1n) is 5.32. The van der Waals surface area contributed by atoms with Gasteiger partial charge < -0.3 is 5.32 Å². The molecule has 1 aromatic carbocycles. The van der Waals surface area contributed by atoms with Crippen molar-refractivity contribution in [2.75, 3.05) is 18.6 Å². The highest BCUT2D eigenvalue weighted by atomic mass is 32.2. The highest BCUT2D eigenvalue weighted by Crippen LogP contribution is 2.09. The molecule has 0 bridgehead atoms. The fraction of sp³-hybridized carbons (Fsp3) is 0.417. The van der Waals surface area contributed by atoms with Crippen LogP contribution in [0.3, 0.4) is 0 Å². The van der Waals surface area contributed by atoms with E-state index in [2.05, 4.69) is 5.32 Å². The highest BCUT2D eigenvalue weighted by Gasteiger charge is 2.02. The van der Waals surface area contributed by atoms with Gasteiger partial charge in [0.15, 0.2) is 0 Å². The van der Waals surface area contributed by atoms with E-state index < -0.39 is 16.6 Å². The number of benzene rings is 1. The van der Waals surface area contributed by atoms with Gasteiger partial charge in [-0.05, 0) is 30.7 Å². The lowest BCUT2D eigenvalue weighted by molar-refractivity contribution is 0.620. The SMILES string of the molecule is CS(=O)CCCNCc1ccc(F)c(C#N)c1. The van der Waals surface area contributed by atoms with E-state index in [1.165, 1.54) is 6.07 Å². The molecule has 1 N–H and O–H groups in total. The van der Waals surface area contributed by atoms with Crippen LogP contribution in [0.15, 0.2) is 18.2 Å². The maximum atomic E-state index is 13.0. The summed E-state index contributed by atoms with van der Waals surface area (Å²) in [5.74, 6) is 0.192. The Morgan fingerprint density at radius 1 is 1.53 bits per heavy atom. The Hall–Kier alpha value is -1.25. The average molecular weight is 254 g/mol. The molecule has 5 heteroatoms. The Balaban J connectivity index is 2.37. The molecule has 17 heavy (non-hydrogen) atoms. The van der Waals surface area contributed by atoms with Crippen molar-refractivity contribution in [1.29, 1.82) is 5.26 Å². The first-order valence-corrected chi connectivity index (χ1v) is 7.05. The first kappa shape index (κ1) is 13.8. The second-order valence-electron chi connectivity index (χ2n) is 3.73. The van der Waals surface area contributed by atoms with E-state index in [-0.39, 0.29) is 5.56 Å². The van der Waals surface area contributed by atoms with Gasteiger partial charge in [-0.25, -0.2) is 4.39 Å². The van der Waals surface area contributed by atoms with Crippen molar-refractivity contribution in [2.45, 2.75) is 13.0 Å². The molecule has 1 atom stereocenters. The van der Waals surface area contributed by atoms with Gasteiger partial charge in [0.05, 0.1) is 5.56 Å². The van der Waals surface area contributed by atoms with Crippen molar-refractivity contribution in [2.24, 2.45) is 0 Å². The maximum Gasteiger partial charge on any atom is 0.140 e. The molecule has 0 radical (unpaired) electrons. The Kier molecular flexibility index (Phi) is 5.81. The van der Waals surface area contributed by atoms with Gasteiger partial charge in [-0.1, -0.05) is 6.07 Å². The zero-order valence-corrected chi connectivity index (χ0v) is 10.5. The van der Waals surface area contributed by atoms with E-state index >= 15 is 0 Å². The monoisotopic (exact) mass is 254 g/mol. The molecule has 1 aromatic rings. The van der Waals surface area contributed by atoms with Crippen LogP contribution in [0.2, 0.25) is 0 Å². The molecule has 0 heterocycles. The first-order chi connectivity index (χ1) is 8.13. The number of nitriles is 1. The molecule has 0 fully saturated rings. The maximum absolute atomic E-state index is 13.0. The van der Waals surface area contributed by atoms with Gasteiger partial charge in [0.1, 0.15) is 11.9 Å². The molecular formula is C12H15FN2OS. The van der Waals surface area contributed by atoms with Gasteiger partial charge in [-0.3, -0.25) is 4.21 Å². The lowest BCUT2D eigenvalue weighted by atomic mass is 10.1. The third-order valence-electron chi connectivity index (χ3n) is 2.27. The Bertz CT molecular complexity index is 443. The molecule has 1 unspecified atom stereocenters. The third kappa shape index (κ3) is 5.07. The Morgan fingerprint density at radius 2 is 2.29 bits per heavy atom. The number of hydrogen-bond donors (Lipinski definition) is 1. The Morgan fingerprint density at radius 3 is 2.94 bits per heavy atom. The summed E-state index contributed by atoms with van der Waals surface area (Å²) in [4.78, 5) is 0. The zero-order valence-electron chi connectivity index (χ0n) is 9.70. The molecule has 0 aliphatic heterocycles. The second-order valence-corrected chi connectivity index (χ2v) is 5.29. The van der Waals surface area contributed by atoms with Crippen LogP contribution in [-0.2, 0) is 17.3 Å². The zero-order chi connectivity index (χ0) is 12.7. The van der Waals surface area contributed by atoms with Crippen LogP contribution >= 0.6 is 0 Å². The van der Waals surface area contributed by atoms with Crippen molar-refractivity contribution in [1.82, 2.24) is 5.32 Å². The fourth-order valence-electron chi connectivity index (χ4n) is 1.40. The van der Waals surface area contributed by atoms with Crippen molar-refractivity contribution >= 4 is 10.8 Å². The molecule has 0 amide bonds. The summed E-state index contributed by atoms with van der Waals surface area (Å²) in [5.41, 5.74) is 0.944. The third-order valence-corrected chi connectivity index (χ3v) is 3.13. The summed E-state index contributed by atoms with van der Waals surface area (Å²) in [5, 5.41) is 11.8. The van der Waals surface area contributed by atoms with Crippen LogP contribution in [0.5, 0.6) is 0 Å². The second kappa shape index (κ2) is 7.15. The number of rotatable bonds is 6. The minimum atomic E-state index is -0.754. The van der Waals surface area contributed by atoms with Crippen LogP contribution < -0.4 is 5.32 Å². The number of nitrogens with zero attached hydrogens (tertiary/aromatic N) is 1. The van der Waals surface area contributed by atoms with Gasteiger partial charge in [-0.15, -0.1) is 0 Å². The largest absolute Gasteiger partial charge is 0.313 e. The predicted octanol–water partition coefficient (Wildman–Crippen LogP) is 1.56. The van der Waals surface area contributed by atoms with E-state index in [1.807, 2.05) is 6.07 Å². The van der Waals surface area contributed by atoms with Crippen LogP contribution in [0.25, 0.3) is 0 Å². The van der Waals surface area contributed by atoms with Crippen molar-refractivity contribution < 1.29 is 8.60 Å². The van der Waals surface area contributed by atoms with E-state index in [4.69, 9.17) is 5.26 Å². The van der Waals surface area contributed by atoms with Crippen LogP contribution in [0.1, 0.15) is 17.5 Å². The van der Waals surface area contributed by atoms with Gasteiger partial charge in [0, 0.05) is 29.4 Å². The van der Waals surface area contributed by atoms with Gasteiger partial charge in [0.25, 0.3) is 0 Å². The fourth-order valence-corrected chi connectivity index (χ4v) is 1.95. The predicted molar refractivity (Wildman–Crippen MR) is 66.4 cm³/mol. The lowest BCUT2D eigenvalue weighted by Crippen LogP contribution is -2.16. The van der Waals surface area contributed by atoms with Crippen molar-refractivity contribution in [3.63, 3.8) is 0 Å². The molecular weight excluding hydrogens is 239 g/mol. The number of nitrogens with one attached hydrogen (secondary N) is 1. The molecule has 0 aromatic heterocycles. The van der Waals surface area contributed by atoms with Crippen LogP contribution in [0, 0.1) is 17.1 Å². The number of halogens is 1. The van der Waals surface area contributed by atoms with Crippen molar-refractivity contribution in [3.05, 3.63) is 35.1 Å². The number of hydrogen-bond acceptors (Lipinski definition) is 3. The minimum Gasteiger partial charge on any atom is -0.313 e. The molecule has 92 valence electrons. The van der Waals surface area contributed by atoms with E-state index in [1.54, 1.807) is 18.4 Å².